The van der Waals surface area contributed by atoms with E-state index in [1.807, 2.05) is 31.2 Å². The van der Waals surface area contributed by atoms with Crippen molar-refractivity contribution in [3.8, 4) is 5.75 Å². The summed E-state index contributed by atoms with van der Waals surface area (Å²) in [6.07, 6.45) is 2.77. The molecule has 1 fully saturated rings. The Morgan fingerprint density at radius 1 is 0.927 bits per heavy atom. The van der Waals surface area contributed by atoms with Crippen molar-refractivity contribution in [3.63, 3.8) is 0 Å². The Morgan fingerprint density at radius 3 is 2.49 bits per heavy atom. The van der Waals surface area contributed by atoms with Gasteiger partial charge in [-0.15, -0.1) is 0 Å². The Balaban J connectivity index is 1.10. The minimum atomic E-state index is -0.791. The lowest BCUT2D eigenvalue weighted by Gasteiger charge is -2.36. The number of ether oxygens (including phenoxy) is 1. The van der Waals surface area contributed by atoms with Gasteiger partial charge >= 0.3 is 0 Å². The summed E-state index contributed by atoms with van der Waals surface area (Å²) in [6.45, 7) is 7.71. The number of ketones is 2. The van der Waals surface area contributed by atoms with Gasteiger partial charge in [-0.1, -0.05) is 48.5 Å². The van der Waals surface area contributed by atoms with E-state index >= 15 is 0 Å². The molecule has 0 saturated carbocycles. The molecule has 0 bridgehead atoms. The predicted octanol–water partition coefficient (Wildman–Crippen LogP) is 5.11. The molecule has 4 aliphatic rings. The number of rotatable bonds is 6. The van der Waals surface area contributed by atoms with E-state index in [4.69, 9.17) is 9.73 Å². The quantitative estimate of drug-likeness (QED) is 0.435. The maximum absolute atomic E-state index is 13.8. The van der Waals surface area contributed by atoms with Crippen molar-refractivity contribution >= 4 is 28.7 Å². The van der Waals surface area contributed by atoms with E-state index in [2.05, 4.69) is 45.4 Å². The number of para-hydroxylation sites is 1. The summed E-state index contributed by atoms with van der Waals surface area (Å²) in [5.74, 6) is 0.150. The number of Topliss-reactive ketones (excluding diaryl/α,β-unsaturated/α-hetero) is 2. The zero-order chi connectivity index (χ0) is 27.9. The topological polar surface area (TPSA) is 74.2 Å². The van der Waals surface area contributed by atoms with Crippen molar-refractivity contribution in [1.29, 1.82) is 0 Å². The molecule has 0 radical (unpaired) electrons. The van der Waals surface area contributed by atoms with Crippen LogP contribution in [0.15, 0.2) is 101 Å². The van der Waals surface area contributed by atoms with Gasteiger partial charge in [0.15, 0.2) is 23.1 Å². The molecule has 7 nitrogen and oxygen atoms in total. The molecule has 2 aliphatic heterocycles. The first kappa shape index (κ1) is 25.5. The highest BCUT2D eigenvalue weighted by molar-refractivity contribution is 6.33. The van der Waals surface area contributed by atoms with E-state index in [0.29, 0.717) is 51.8 Å². The lowest BCUT2D eigenvalue weighted by Crippen LogP contribution is -2.47. The molecular weight excluding hydrogens is 512 g/mol. The smallest absolute Gasteiger partial charge is 0.192 e. The Kier molecular flexibility index (Phi) is 6.51. The summed E-state index contributed by atoms with van der Waals surface area (Å²) < 4.78 is 6.30. The van der Waals surface area contributed by atoms with E-state index in [1.54, 1.807) is 24.3 Å². The first-order valence-corrected chi connectivity index (χ1v) is 14.3. The van der Waals surface area contributed by atoms with Crippen molar-refractivity contribution < 1.29 is 14.3 Å². The van der Waals surface area contributed by atoms with Crippen LogP contribution in [0.2, 0.25) is 0 Å². The van der Waals surface area contributed by atoms with Gasteiger partial charge in [0.1, 0.15) is 5.69 Å². The fraction of sp³-hybridized carbons (Fsp3) is 0.265. The van der Waals surface area contributed by atoms with Crippen LogP contribution in [0.1, 0.15) is 32.7 Å². The molecule has 0 aromatic heterocycles. The second-order valence-corrected chi connectivity index (χ2v) is 11.0. The van der Waals surface area contributed by atoms with Gasteiger partial charge in [0, 0.05) is 66.9 Å². The Bertz CT molecular complexity index is 1630. The number of benzene rings is 3. The Hall–Kier alpha value is -4.49. The summed E-state index contributed by atoms with van der Waals surface area (Å²) in [6, 6.07) is 23.5. The summed E-state index contributed by atoms with van der Waals surface area (Å²) in [7, 11) is 0. The van der Waals surface area contributed by atoms with Gasteiger partial charge in [-0.3, -0.25) is 14.5 Å². The highest BCUT2D eigenvalue weighted by Crippen LogP contribution is 2.43. The van der Waals surface area contributed by atoms with Gasteiger partial charge in [0.05, 0.1) is 11.6 Å². The van der Waals surface area contributed by atoms with Crippen LogP contribution in [-0.2, 0) is 0 Å². The molecule has 0 spiro atoms. The summed E-state index contributed by atoms with van der Waals surface area (Å²) in [4.78, 5) is 37.4. The fourth-order valence-corrected chi connectivity index (χ4v) is 6.21. The van der Waals surface area contributed by atoms with Gasteiger partial charge < -0.3 is 15.0 Å². The largest absolute Gasteiger partial charge is 0.453 e. The molecule has 7 heteroatoms. The van der Waals surface area contributed by atoms with E-state index in [9.17, 15) is 9.59 Å². The number of hydrogen-bond donors (Lipinski definition) is 1. The number of carbonyl (C=O) groups excluding carboxylic acids is 2. The van der Waals surface area contributed by atoms with Gasteiger partial charge in [-0.05, 0) is 49.7 Å². The SMILES string of the molecule is Cc1ccc2c(c1)OC1=CC(NCCCN3CCN(c4ccccc4)CC3)=C3C(=O)c4ccccc4C(=O)C3C1=N2. The summed E-state index contributed by atoms with van der Waals surface area (Å²) >= 11 is 0. The van der Waals surface area contributed by atoms with Crippen LogP contribution in [0.4, 0.5) is 11.4 Å². The van der Waals surface area contributed by atoms with Gasteiger partial charge in [0.25, 0.3) is 0 Å². The number of aliphatic imine (C=N–C) groups is 1. The van der Waals surface area contributed by atoms with Gasteiger partial charge in [-0.25, -0.2) is 4.99 Å². The first-order valence-electron chi connectivity index (χ1n) is 14.3. The molecule has 3 aromatic carbocycles. The number of allylic oxidation sites excluding steroid dienone is 3. The van der Waals surface area contributed by atoms with Crippen LogP contribution >= 0.6 is 0 Å². The van der Waals surface area contributed by atoms with E-state index in [1.165, 1.54) is 5.69 Å². The zero-order valence-electron chi connectivity index (χ0n) is 23.1. The predicted molar refractivity (Wildman–Crippen MR) is 160 cm³/mol. The minimum Gasteiger partial charge on any atom is -0.453 e. The molecule has 3 aromatic rings. The molecule has 0 amide bonds. The highest BCUT2D eigenvalue weighted by Gasteiger charge is 2.46. The number of piperazine rings is 1. The molecule has 1 unspecified atom stereocenters. The van der Waals surface area contributed by atoms with Crippen LogP contribution in [0.25, 0.3) is 0 Å². The lowest BCUT2D eigenvalue weighted by molar-refractivity contribution is 0.0908. The van der Waals surface area contributed by atoms with Crippen LogP contribution in [0, 0.1) is 12.8 Å². The average molecular weight is 545 g/mol. The molecule has 2 aliphatic carbocycles. The third kappa shape index (κ3) is 4.66. The van der Waals surface area contributed by atoms with E-state index < -0.39 is 5.92 Å². The Morgan fingerprint density at radius 2 is 1.68 bits per heavy atom. The van der Waals surface area contributed by atoms with Crippen molar-refractivity contribution in [3.05, 3.63) is 113 Å². The van der Waals surface area contributed by atoms with Crippen molar-refractivity contribution in [2.45, 2.75) is 13.3 Å². The number of anilines is 1. The third-order valence-corrected chi connectivity index (χ3v) is 8.36. The normalized spacial score (nSPS) is 19.8. The van der Waals surface area contributed by atoms with E-state index in [-0.39, 0.29) is 11.6 Å². The summed E-state index contributed by atoms with van der Waals surface area (Å²) in [5.41, 5.74) is 5.53. The molecule has 1 saturated heterocycles. The first-order chi connectivity index (χ1) is 20.1. The Labute approximate surface area is 239 Å². The van der Waals surface area contributed by atoms with Crippen molar-refractivity contribution in [2.75, 3.05) is 44.2 Å². The lowest BCUT2D eigenvalue weighted by atomic mass is 9.72. The second-order valence-electron chi connectivity index (χ2n) is 11.0. The standard InChI is InChI=1S/C34H32N4O3/c1-22-12-13-26-28(20-22)41-29-21-27(30-31(32(29)36-26)34(40)25-11-6-5-10-24(25)33(30)39)35-14-7-15-37-16-18-38(19-17-37)23-8-3-2-4-9-23/h2-6,8-13,20-21,31,35H,7,14-19H2,1H3. The average Bonchev–Trinajstić information content (AvgIpc) is 3.01. The third-order valence-electron chi connectivity index (χ3n) is 8.36. The van der Waals surface area contributed by atoms with Crippen molar-refractivity contribution in [1.82, 2.24) is 10.2 Å². The number of aryl methyl sites for hydroxylation is 1. The molecule has 7 rings (SSSR count). The number of hydrogen-bond acceptors (Lipinski definition) is 7. The number of nitrogens with zero attached hydrogens (tertiary/aromatic N) is 3. The van der Waals surface area contributed by atoms with Gasteiger partial charge in [-0.2, -0.15) is 0 Å². The molecule has 41 heavy (non-hydrogen) atoms. The maximum atomic E-state index is 13.8. The number of fused-ring (bicyclic) bond motifs is 5. The molecular formula is C34H32N4O3. The van der Waals surface area contributed by atoms with Crippen LogP contribution < -0.4 is 15.0 Å². The molecule has 1 N–H and O–H groups in total. The van der Waals surface area contributed by atoms with E-state index in [0.717, 1.165) is 44.7 Å². The summed E-state index contributed by atoms with van der Waals surface area (Å²) in [5, 5.41) is 3.50. The fourth-order valence-electron chi connectivity index (χ4n) is 6.21. The van der Waals surface area contributed by atoms with Crippen molar-refractivity contribution in [2.24, 2.45) is 10.9 Å². The second kappa shape index (κ2) is 10.5. The number of carbonyl (C=O) groups is 2. The monoisotopic (exact) mass is 544 g/mol. The molecule has 206 valence electrons. The highest BCUT2D eigenvalue weighted by atomic mass is 16.5. The van der Waals surface area contributed by atoms with Gasteiger partial charge in [0.2, 0.25) is 0 Å². The minimum absolute atomic E-state index is 0.116. The molecule has 1 atom stereocenters. The maximum Gasteiger partial charge on any atom is 0.192 e. The molecule has 2 heterocycles. The van der Waals surface area contributed by atoms with Crippen LogP contribution in [0.5, 0.6) is 5.75 Å². The van der Waals surface area contributed by atoms with Crippen LogP contribution in [0.3, 0.4) is 0 Å². The zero-order valence-corrected chi connectivity index (χ0v) is 23.1. The van der Waals surface area contributed by atoms with Crippen LogP contribution in [-0.4, -0.2) is 61.4 Å². The number of nitrogens with one attached hydrogen (secondary N) is 1.